The van der Waals surface area contributed by atoms with Crippen LogP contribution in [0, 0.1) is 0 Å². The molecule has 1 aliphatic heterocycles. The molecule has 1 aliphatic rings. The number of nitrogens with zero attached hydrogens (tertiary/aromatic N) is 1. The molecule has 4 heteroatoms. The second kappa shape index (κ2) is 6.43. The molecule has 1 N–H and O–H groups in total. The van der Waals surface area contributed by atoms with Gasteiger partial charge in [-0.3, -0.25) is 4.79 Å². The van der Waals surface area contributed by atoms with E-state index < -0.39 is 12.1 Å². The van der Waals surface area contributed by atoms with Crippen molar-refractivity contribution in [3.63, 3.8) is 0 Å². The molecule has 0 aromatic heterocycles. The number of aliphatic imine (C=N–C) groups is 1. The third-order valence-corrected chi connectivity index (χ3v) is 3.66. The van der Waals surface area contributed by atoms with Crippen LogP contribution in [0.25, 0.3) is 0 Å². The minimum atomic E-state index is -0.868. The van der Waals surface area contributed by atoms with Crippen LogP contribution in [0.2, 0.25) is 0 Å². The van der Waals surface area contributed by atoms with Crippen LogP contribution in [0.3, 0.4) is 0 Å². The van der Waals surface area contributed by atoms with Gasteiger partial charge in [-0.1, -0.05) is 48.5 Å². The fourth-order valence-electron chi connectivity index (χ4n) is 2.59. The van der Waals surface area contributed by atoms with Crippen LogP contribution in [0.1, 0.15) is 17.5 Å². The van der Waals surface area contributed by atoms with Crippen molar-refractivity contribution in [1.29, 1.82) is 0 Å². The highest BCUT2D eigenvalue weighted by Crippen LogP contribution is 2.23. The molecule has 4 nitrogen and oxygen atoms in total. The van der Waals surface area contributed by atoms with Gasteiger partial charge in [0.25, 0.3) is 0 Å². The highest BCUT2D eigenvalue weighted by molar-refractivity contribution is 5.95. The van der Waals surface area contributed by atoms with Gasteiger partial charge >= 0.3 is 5.97 Å². The molecule has 0 saturated carbocycles. The average Bonchev–Trinajstić information content (AvgIpc) is 2.91. The largest absolute Gasteiger partial charge is 0.481 e. The van der Waals surface area contributed by atoms with Crippen LogP contribution < -0.4 is 0 Å². The molecule has 0 fully saturated rings. The molecule has 0 unspecified atom stereocenters. The fourth-order valence-corrected chi connectivity index (χ4v) is 2.59. The maximum atomic E-state index is 11.1. The summed E-state index contributed by atoms with van der Waals surface area (Å²) < 4.78 is 5.81. The smallest absolute Gasteiger partial charge is 0.307 e. The molecule has 2 aromatic carbocycles. The summed E-state index contributed by atoms with van der Waals surface area (Å²) in [5.74, 6) is -0.333. The van der Waals surface area contributed by atoms with Gasteiger partial charge in [0.2, 0.25) is 5.90 Å². The Morgan fingerprint density at radius 2 is 1.68 bits per heavy atom. The molecule has 0 spiro atoms. The zero-order chi connectivity index (χ0) is 15.4. The molecule has 2 atom stereocenters. The molecule has 0 aliphatic carbocycles. The van der Waals surface area contributed by atoms with E-state index in [1.807, 2.05) is 60.7 Å². The molecule has 2 aromatic rings. The van der Waals surface area contributed by atoms with Crippen LogP contribution in [0.4, 0.5) is 0 Å². The van der Waals surface area contributed by atoms with E-state index in [1.54, 1.807) is 0 Å². The van der Waals surface area contributed by atoms with Crippen molar-refractivity contribution in [2.75, 3.05) is 0 Å². The second-order valence-electron chi connectivity index (χ2n) is 5.31. The first-order chi connectivity index (χ1) is 10.7. The van der Waals surface area contributed by atoms with Crippen molar-refractivity contribution < 1.29 is 14.6 Å². The Labute approximate surface area is 129 Å². The summed E-state index contributed by atoms with van der Waals surface area (Å²) in [6.45, 7) is 0. The van der Waals surface area contributed by atoms with Gasteiger partial charge in [0.15, 0.2) is 0 Å². The van der Waals surface area contributed by atoms with Gasteiger partial charge < -0.3 is 9.84 Å². The van der Waals surface area contributed by atoms with E-state index in [4.69, 9.17) is 9.84 Å². The Morgan fingerprint density at radius 1 is 1.05 bits per heavy atom. The number of hydrogen-bond donors (Lipinski definition) is 1. The van der Waals surface area contributed by atoms with Crippen LogP contribution >= 0.6 is 0 Å². The molecule has 1 heterocycles. The van der Waals surface area contributed by atoms with Crippen LogP contribution in [0.15, 0.2) is 65.7 Å². The summed E-state index contributed by atoms with van der Waals surface area (Å²) in [6.07, 6.45) is 0.208. The molecule has 3 rings (SSSR count). The van der Waals surface area contributed by atoms with Crippen LogP contribution in [-0.4, -0.2) is 29.1 Å². The van der Waals surface area contributed by atoms with Crippen molar-refractivity contribution in [2.24, 2.45) is 4.99 Å². The van der Waals surface area contributed by atoms with Crippen LogP contribution in [0.5, 0.6) is 0 Å². The summed E-state index contributed by atoms with van der Waals surface area (Å²) in [7, 11) is 0. The maximum Gasteiger partial charge on any atom is 0.307 e. The lowest BCUT2D eigenvalue weighted by atomic mass is 10.0. The minimum absolute atomic E-state index is 0.0443. The van der Waals surface area contributed by atoms with Crippen LogP contribution in [-0.2, 0) is 16.0 Å². The molecule has 0 amide bonds. The van der Waals surface area contributed by atoms with Crippen molar-refractivity contribution in [1.82, 2.24) is 0 Å². The summed E-state index contributed by atoms with van der Waals surface area (Å²) in [6, 6.07) is 19.4. The number of aliphatic carboxylic acids is 1. The van der Waals surface area contributed by atoms with E-state index in [0.29, 0.717) is 12.3 Å². The molecule has 0 bridgehead atoms. The third kappa shape index (κ3) is 3.34. The Hall–Kier alpha value is -2.62. The van der Waals surface area contributed by atoms with E-state index in [1.165, 1.54) is 0 Å². The number of benzene rings is 2. The van der Waals surface area contributed by atoms with Gasteiger partial charge in [-0.05, 0) is 24.1 Å². The zero-order valence-electron chi connectivity index (χ0n) is 12.1. The first-order valence-electron chi connectivity index (χ1n) is 7.28. The quantitative estimate of drug-likeness (QED) is 0.922. The topological polar surface area (TPSA) is 58.9 Å². The number of rotatable bonds is 5. The van der Waals surface area contributed by atoms with Crippen molar-refractivity contribution in [3.05, 3.63) is 71.8 Å². The van der Waals surface area contributed by atoms with Crippen molar-refractivity contribution >= 4 is 11.9 Å². The minimum Gasteiger partial charge on any atom is -0.481 e. The lowest BCUT2D eigenvalue weighted by Crippen LogP contribution is -2.27. The maximum absolute atomic E-state index is 11.1. The second-order valence-corrected chi connectivity index (χ2v) is 5.31. The SMILES string of the molecule is O=C(O)C[C@@H]1OC(c2ccccc2)=N[C@H]1Cc1ccccc1. The van der Waals surface area contributed by atoms with Gasteiger partial charge in [0.1, 0.15) is 6.10 Å². The molecule has 112 valence electrons. The van der Waals surface area contributed by atoms with Gasteiger partial charge in [-0.25, -0.2) is 4.99 Å². The number of carboxylic acids is 1. The summed E-state index contributed by atoms with van der Waals surface area (Å²) >= 11 is 0. The van der Waals surface area contributed by atoms with Gasteiger partial charge in [-0.2, -0.15) is 0 Å². The lowest BCUT2D eigenvalue weighted by molar-refractivity contribution is -0.139. The molecular formula is C18H17NO3. The normalized spacial score (nSPS) is 20.3. The summed E-state index contributed by atoms with van der Waals surface area (Å²) in [4.78, 5) is 15.7. The first kappa shape index (κ1) is 14.3. The summed E-state index contributed by atoms with van der Waals surface area (Å²) in [5.41, 5.74) is 2.01. The molecule has 0 saturated heterocycles. The van der Waals surface area contributed by atoms with Gasteiger partial charge in [-0.15, -0.1) is 0 Å². The standard InChI is InChI=1S/C18H17NO3/c20-17(21)12-16-15(11-13-7-3-1-4-8-13)19-18(22-16)14-9-5-2-6-10-14/h1-10,15-16H,11-12H2,(H,20,21)/t15-,16-/m0/s1. The highest BCUT2D eigenvalue weighted by Gasteiger charge is 2.33. The van der Waals surface area contributed by atoms with E-state index in [-0.39, 0.29) is 12.5 Å². The van der Waals surface area contributed by atoms with E-state index >= 15 is 0 Å². The number of hydrogen-bond acceptors (Lipinski definition) is 3. The van der Waals surface area contributed by atoms with E-state index in [9.17, 15) is 4.79 Å². The van der Waals surface area contributed by atoms with Gasteiger partial charge in [0, 0.05) is 5.56 Å². The van der Waals surface area contributed by atoms with Crippen molar-refractivity contribution in [3.8, 4) is 0 Å². The van der Waals surface area contributed by atoms with Gasteiger partial charge in [0.05, 0.1) is 12.5 Å². The third-order valence-electron chi connectivity index (χ3n) is 3.66. The summed E-state index contributed by atoms with van der Waals surface area (Å²) in [5, 5.41) is 9.08. The Kier molecular flexibility index (Phi) is 4.19. The Bertz CT molecular complexity index is 667. The number of carboxylic acid groups (broad SMARTS) is 1. The molecule has 0 radical (unpaired) electrons. The number of carbonyl (C=O) groups is 1. The first-order valence-corrected chi connectivity index (χ1v) is 7.28. The average molecular weight is 295 g/mol. The van der Waals surface area contributed by atoms with E-state index in [0.717, 1.165) is 11.1 Å². The molecular weight excluding hydrogens is 278 g/mol. The zero-order valence-corrected chi connectivity index (χ0v) is 12.1. The highest BCUT2D eigenvalue weighted by atomic mass is 16.5. The predicted molar refractivity (Wildman–Crippen MR) is 84.0 cm³/mol. The number of ether oxygens (including phenoxy) is 1. The van der Waals surface area contributed by atoms with E-state index in [2.05, 4.69) is 4.99 Å². The Balaban J connectivity index is 1.82. The monoisotopic (exact) mass is 295 g/mol. The Morgan fingerprint density at radius 3 is 2.32 bits per heavy atom. The predicted octanol–water partition coefficient (Wildman–Crippen LogP) is 2.92. The fraction of sp³-hybridized carbons (Fsp3) is 0.222. The molecule has 22 heavy (non-hydrogen) atoms. The van der Waals surface area contributed by atoms with Crippen molar-refractivity contribution in [2.45, 2.75) is 25.0 Å². The lowest BCUT2D eigenvalue weighted by Gasteiger charge is -2.15.